The molecule has 7 heteroatoms. The van der Waals surface area contributed by atoms with Crippen molar-refractivity contribution in [2.75, 3.05) is 5.32 Å². The summed E-state index contributed by atoms with van der Waals surface area (Å²) in [6.07, 6.45) is 0. The minimum Gasteiger partial charge on any atom is -0.478 e. The molecule has 2 aromatic carbocycles. The Bertz CT molecular complexity index is 731. The molecule has 0 saturated carbocycles. The molecule has 2 N–H and O–H groups in total. The Labute approximate surface area is 135 Å². The van der Waals surface area contributed by atoms with E-state index in [4.69, 9.17) is 39.9 Å². The quantitative estimate of drug-likeness (QED) is 0.855. The maximum Gasteiger partial charge on any atom is 0.337 e. The number of carboxylic acids is 1. The summed E-state index contributed by atoms with van der Waals surface area (Å²) in [6.45, 7) is 0. The van der Waals surface area contributed by atoms with E-state index in [1.165, 1.54) is 30.3 Å². The fourth-order valence-electron chi connectivity index (χ4n) is 1.68. The first-order valence-electron chi connectivity index (χ1n) is 5.68. The van der Waals surface area contributed by atoms with Gasteiger partial charge in [-0.3, -0.25) is 4.79 Å². The number of aromatic carboxylic acids is 1. The van der Waals surface area contributed by atoms with Gasteiger partial charge in [0.1, 0.15) is 0 Å². The highest BCUT2D eigenvalue weighted by Gasteiger charge is 2.18. The zero-order valence-corrected chi connectivity index (χ0v) is 12.6. The van der Waals surface area contributed by atoms with E-state index in [-0.39, 0.29) is 26.9 Å². The number of amides is 1. The average molecular weight is 345 g/mol. The van der Waals surface area contributed by atoms with E-state index in [0.29, 0.717) is 5.02 Å². The summed E-state index contributed by atoms with van der Waals surface area (Å²) in [5, 5.41) is 12.2. The minimum atomic E-state index is -1.20. The summed E-state index contributed by atoms with van der Waals surface area (Å²) in [7, 11) is 0. The molecule has 0 bridgehead atoms. The van der Waals surface area contributed by atoms with Crippen molar-refractivity contribution in [3.8, 4) is 0 Å². The van der Waals surface area contributed by atoms with E-state index in [1.54, 1.807) is 6.07 Å². The standard InChI is InChI=1S/C14H8Cl3NO3/c15-7-4-5-10(16)9(6-7)13(19)18-12-8(14(20)21)2-1-3-11(12)17/h1-6H,(H,18,19)(H,20,21). The number of benzene rings is 2. The van der Waals surface area contributed by atoms with Crippen LogP contribution in [0.15, 0.2) is 36.4 Å². The van der Waals surface area contributed by atoms with E-state index in [0.717, 1.165) is 0 Å². The number of carbonyl (C=O) groups excluding carboxylic acids is 1. The summed E-state index contributed by atoms with van der Waals surface area (Å²) in [5.74, 6) is -1.80. The molecule has 0 spiro atoms. The first-order valence-corrected chi connectivity index (χ1v) is 6.81. The molecular formula is C14H8Cl3NO3. The third-order valence-corrected chi connectivity index (χ3v) is 3.54. The molecule has 0 aliphatic carbocycles. The predicted octanol–water partition coefficient (Wildman–Crippen LogP) is 4.60. The molecular weight excluding hydrogens is 337 g/mol. The Morgan fingerprint density at radius 1 is 0.952 bits per heavy atom. The molecule has 0 radical (unpaired) electrons. The highest BCUT2D eigenvalue weighted by atomic mass is 35.5. The smallest absolute Gasteiger partial charge is 0.337 e. The van der Waals surface area contributed by atoms with Crippen LogP contribution >= 0.6 is 34.8 Å². The highest BCUT2D eigenvalue weighted by Crippen LogP contribution is 2.28. The molecule has 0 aliphatic rings. The Hall–Kier alpha value is -1.75. The zero-order chi connectivity index (χ0) is 15.6. The molecule has 0 atom stereocenters. The lowest BCUT2D eigenvalue weighted by atomic mass is 10.1. The Morgan fingerprint density at radius 3 is 2.33 bits per heavy atom. The van der Waals surface area contributed by atoms with Crippen LogP contribution in [0.4, 0.5) is 5.69 Å². The maximum absolute atomic E-state index is 12.2. The van der Waals surface area contributed by atoms with Crippen molar-refractivity contribution in [1.82, 2.24) is 0 Å². The fraction of sp³-hybridized carbons (Fsp3) is 0. The summed E-state index contributed by atoms with van der Waals surface area (Å²) in [5.41, 5.74) is 0.0159. The molecule has 2 aromatic rings. The summed E-state index contributed by atoms with van der Waals surface area (Å²) in [4.78, 5) is 23.4. The van der Waals surface area contributed by atoms with Crippen molar-refractivity contribution in [3.63, 3.8) is 0 Å². The van der Waals surface area contributed by atoms with Crippen LogP contribution in [0, 0.1) is 0 Å². The molecule has 1 amide bonds. The SMILES string of the molecule is O=C(Nc1c(Cl)cccc1C(=O)O)c1cc(Cl)ccc1Cl. The van der Waals surface area contributed by atoms with Crippen molar-refractivity contribution in [3.05, 3.63) is 62.6 Å². The second kappa shape index (κ2) is 6.35. The third kappa shape index (κ3) is 3.47. The Morgan fingerprint density at radius 2 is 1.67 bits per heavy atom. The van der Waals surface area contributed by atoms with E-state index in [1.807, 2.05) is 0 Å². The van der Waals surface area contributed by atoms with Crippen LogP contribution in [-0.2, 0) is 0 Å². The van der Waals surface area contributed by atoms with Gasteiger partial charge < -0.3 is 10.4 Å². The molecule has 2 rings (SSSR count). The molecule has 21 heavy (non-hydrogen) atoms. The lowest BCUT2D eigenvalue weighted by molar-refractivity contribution is 0.0698. The second-order valence-electron chi connectivity index (χ2n) is 4.05. The van der Waals surface area contributed by atoms with Crippen LogP contribution < -0.4 is 5.32 Å². The Kier molecular flexibility index (Phi) is 4.73. The van der Waals surface area contributed by atoms with Gasteiger partial charge in [0, 0.05) is 5.02 Å². The molecule has 0 fully saturated rings. The predicted molar refractivity (Wildman–Crippen MR) is 82.8 cm³/mol. The first kappa shape index (κ1) is 15.6. The molecule has 0 heterocycles. The van der Waals surface area contributed by atoms with Gasteiger partial charge in [0.15, 0.2) is 0 Å². The van der Waals surface area contributed by atoms with Gasteiger partial charge in [0.05, 0.1) is 26.9 Å². The fourth-order valence-corrected chi connectivity index (χ4v) is 2.28. The molecule has 0 aromatic heterocycles. The van der Waals surface area contributed by atoms with Crippen molar-refractivity contribution < 1.29 is 14.7 Å². The van der Waals surface area contributed by atoms with Crippen LogP contribution in [0.5, 0.6) is 0 Å². The van der Waals surface area contributed by atoms with Crippen molar-refractivity contribution in [2.45, 2.75) is 0 Å². The monoisotopic (exact) mass is 343 g/mol. The van der Waals surface area contributed by atoms with Crippen LogP contribution in [0.2, 0.25) is 15.1 Å². The van der Waals surface area contributed by atoms with Gasteiger partial charge in [-0.2, -0.15) is 0 Å². The topological polar surface area (TPSA) is 66.4 Å². The molecule has 0 saturated heterocycles. The summed E-state index contributed by atoms with van der Waals surface area (Å²) >= 11 is 17.7. The average Bonchev–Trinajstić information content (AvgIpc) is 2.43. The first-order chi connectivity index (χ1) is 9.90. The number of carbonyl (C=O) groups is 2. The van der Waals surface area contributed by atoms with Gasteiger partial charge in [-0.15, -0.1) is 0 Å². The van der Waals surface area contributed by atoms with Gasteiger partial charge in [0.25, 0.3) is 5.91 Å². The molecule has 4 nitrogen and oxygen atoms in total. The van der Waals surface area contributed by atoms with Gasteiger partial charge in [0.2, 0.25) is 0 Å². The van der Waals surface area contributed by atoms with Gasteiger partial charge in [-0.1, -0.05) is 40.9 Å². The van der Waals surface area contributed by atoms with Crippen LogP contribution in [0.1, 0.15) is 20.7 Å². The maximum atomic E-state index is 12.2. The minimum absolute atomic E-state index is 0.00714. The van der Waals surface area contributed by atoms with Gasteiger partial charge in [-0.25, -0.2) is 4.79 Å². The number of hydrogen-bond acceptors (Lipinski definition) is 2. The van der Waals surface area contributed by atoms with Crippen LogP contribution in [0.25, 0.3) is 0 Å². The van der Waals surface area contributed by atoms with E-state index in [9.17, 15) is 9.59 Å². The number of nitrogens with one attached hydrogen (secondary N) is 1. The van der Waals surface area contributed by atoms with E-state index < -0.39 is 11.9 Å². The van der Waals surface area contributed by atoms with Crippen molar-refractivity contribution in [1.29, 1.82) is 0 Å². The molecule has 0 aliphatic heterocycles. The second-order valence-corrected chi connectivity index (χ2v) is 5.30. The number of anilines is 1. The largest absolute Gasteiger partial charge is 0.478 e. The zero-order valence-electron chi connectivity index (χ0n) is 10.4. The highest BCUT2D eigenvalue weighted by molar-refractivity contribution is 6.37. The van der Waals surface area contributed by atoms with Gasteiger partial charge in [-0.05, 0) is 30.3 Å². The number of carboxylic acid groups (broad SMARTS) is 1. The lowest BCUT2D eigenvalue weighted by Gasteiger charge is -2.11. The third-order valence-electron chi connectivity index (χ3n) is 2.66. The van der Waals surface area contributed by atoms with Crippen LogP contribution in [-0.4, -0.2) is 17.0 Å². The van der Waals surface area contributed by atoms with Crippen LogP contribution in [0.3, 0.4) is 0 Å². The number of para-hydroxylation sites is 1. The van der Waals surface area contributed by atoms with Crippen molar-refractivity contribution in [2.24, 2.45) is 0 Å². The summed E-state index contributed by atoms with van der Waals surface area (Å²) in [6, 6.07) is 8.69. The number of rotatable bonds is 3. The Balaban J connectivity index is 2.41. The number of halogens is 3. The molecule has 108 valence electrons. The molecule has 0 unspecified atom stereocenters. The summed E-state index contributed by atoms with van der Waals surface area (Å²) < 4.78 is 0. The normalized spacial score (nSPS) is 10.2. The van der Waals surface area contributed by atoms with E-state index >= 15 is 0 Å². The lowest BCUT2D eigenvalue weighted by Crippen LogP contribution is -2.15. The van der Waals surface area contributed by atoms with Gasteiger partial charge >= 0.3 is 5.97 Å². The number of hydrogen-bond donors (Lipinski definition) is 2. The van der Waals surface area contributed by atoms with Crippen molar-refractivity contribution >= 4 is 52.4 Å². The van der Waals surface area contributed by atoms with E-state index in [2.05, 4.69) is 5.32 Å².